The van der Waals surface area contributed by atoms with Crippen LogP contribution < -0.4 is 5.32 Å². The van der Waals surface area contributed by atoms with Gasteiger partial charge in [-0.1, -0.05) is 37.8 Å². The molecule has 0 saturated heterocycles. The zero-order valence-corrected chi connectivity index (χ0v) is 13.3. The summed E-state index contributed by atoms with van der Waals surface area (Å²) in [5.74, 6) is -0.230. The van der Waals surface area contributed by atoms with E-state index in [1.807, 2.05) is 19.1 Å². The fourth-order valence-corrected chi connectivity index (χ4v) is 4.00. The first-order valence-electron chi connectivity index (χ1n) is 7.38. The number of carbonyl (C=O) groups is 1. The number of rotatable bonds is 1. The smallest absolute Gasteiger partial charge is 0.261 e. The van der Waals surface area contributed by atoms with E-state index < -0.39 is 5.60 Å². The number of carbonyl (C=O) groups excluding carboxylic acids is 1. The monoisotopic (exact) mass is 337 g/mol. The zero-order chi connectivity index (χ0) is 14.3. The van der Waals surface area contributed by atoms with Gasteiger partial charge in [-0.2, -0.15) is 0 Å². The predicted octanol–water partition coefficient (Wildman–Crippen LogP) is 3.87. The number of fused-ring (bicyclic) bond motifs is 1. The summed E-state index contributed by atoms with van der Waals surface area (Å²) in [5.41, 5.74) is 1.21. The summed E-state index contributed by atoms with van der Waals surface area (Å²) in [4.78, 5) is 12.4. The summed E-state index contributed by atoms with van der Waals surface area (Å²) in [6.07, 6.45) is 6.46. The number of halogens is 1. The van der Waals surface area contributed by atoms with Gasteiger partial charge >= 0.3 is 0 Å². The summed E-state index contributed by atoms with van der Waals surface area (Å²) in [7, 11) is 0. The first-order chi connectivity index (χ1) is 9.55. The minimum atomic E-state index is -1.35. The van der Waals surface area contributed by atoms with Crippen molar-refractivity contribution in [3.63, 3.8) is 0 Å². The fourth-order valence-electron chi connectivity index (χ4n) is 3.55. The van der Waals surface area contributed by atoms with Crippen molar-refractivity contribution in [1.29, 1.82) is 0 Å². The number of hydrogen-bond acceptors (Lipinski definition) is 2. The van der Waals surface area contributed by atoms with Gasteiger partial charge in [0, 0.05) is 16.0 Å². The van der Waals surface area contributed by atoms with Crippen LogP contribution in [0.5, 0.6) is 0 Å². The molecule has 20 heavy (non-hydrogen) atoms. The SMILES string of the molecule is Cc1ccc2c(c1Br)NC(=O)C2(O)C1CCCCCC1. The van der Waals surface area contributed by atoms with Crippen molar-refractivity contribution in [1.82, 2.24) is 0 Å². The number of amides is 1. The highest BCUT2D eigenvalue weighted by Gasteiger charge is 2.51. The first kappa shape index (κ1) is 14.1. The molecule has 2 aliphatic rings. The van der Waals surface area contributed by atoms with Gasteiger partial charge in [0.15, 0.2) is 5.60 Å². The van der Waals surface area contributed by atoms with E-state index in [4.69, 9.17) is 0 Å². The van der Waals surface area contributed by atoms with E-state index in [1.165, 1.54) is 12.8 Å². The Labute approximate surface area is 127 Å². The molecule has 3 rings (SSSR count). The van der Waals surface area contributed by atoms with Gasteiger partial charge < -0.3 is 10.4 Å². The standard InChI is InChI=1S/C16H20BrNO2/c1-10-8-9-12-14(13(10)17)18-15(19)16(12,20)11-6-4-2-3-5-7-11/h8-9,11,20H,2-7H2,1H3,(H,18,19). The van der Waals surface area contributed by atoms with E-state index in [0.717, 1.165) is 47.0 Å². The first-order valence-corrected chi connectivity index (χ1v) is 8.18. The second-order valence-corrected chi connectivity index (χ2v) is 6.82. The summed E-state index contributed by atoms with van der Waals surface area (Å²) < 4.78 is 0.882. The Balaban J connectivity index is 2.06. The molecule has 0 spiro atoms. The van der Waals surface area contributed by atoms with Gasteiger partial charge in [-0.3, -0.25) is 4.79 Å². The quantitative estimate of drug-likeness (QED) is 0.764. The molecule has 1 aliphatic heterocycles. The minimum absolute atomic E-state index is 0.0286. The molecule has 1 heterocycles. The van der Waals surface area contributed by atoms with E-state index in [-0.39, 0.29) is 11.8 Å². The molecule has 4 heteroatoms. The number of aryl methyl sites for hydroxylation is 1. The normalized spacial score (nSPS) is 27.1. The lowest BCUT2D eigenvalue weighted by molar-refractivity contribution is -0.140. The van der Waals surface area contributed by atoms with Crippen molar-refractivity contribution in [2.45, 2.75) is 51.0 Å². The largest absolute Gasteiger partial charge is 0.375 e. The second-order valence-electron chi connectivity index (χ2n) is 6.03. The summed E-state index contributed by atoms with van der Waals surface area (Å²) >= 11 is 3.52. The molecule has 1 aromatic rings. The molecule has 1 unspecified atom stereocenters. The van der Waals surface area contributed by atoms with Gasteiger partial charge in [0.05, 0.1) is 5.69 Å². The molecule has 0 radical (unpaired) electrons. The van der Waals surface area contributed by atoms with Crippen molar-refractivity contribution in [2.75, 3.05) is 5.32 Å². The van der Waals surface area contributed by atoms with Crippen LogP contribution in [0.2, 0.25) is 0 Å². The van der Waals surface area contributed by atoms with Crippen LogP contribution >= 0.6 is 15.9 Å². The van der Waals surface area contributed by atoms with Crippen molar-refractivity contribution in [3.05, 3.63) is 27.7 Å². The molecule has 1 aromatic carbocycles. The molecule has 0 aromatic heterocycles. The average molecular weight is 338 g/mol. The molecule has 1 amide bonds. The van der Waals surface area contributed by atoms with Crippen LogP contribution in [0.3, 0.4) is 0 Å². The van der Waals surface area contributed by atoms with Gasteiger partial charge in [0.2, 0.25) is 0 Å². The van der Waals surface area contributed by atoms with Crippen LogP contribution in [-0.2, 0) is 10.4 Å². The third-order valence-corrected chi connectivity index (χ3v) is 5.80. The van der Waals surface area contributed by atoms with E-state index in [9.17, 15) is 9.90 Å². The highest BCUT2D eigenvalue weighted by Crippen LogP contribution is 2.48. The molecule has 1 saturated carbocycles. The molecule has 3 nitrogen and oxygen atoms in total. The Bertz CT molecular complexity index is 550. The Hall–Kier alpha value is -0.870. The maximum Gasteiger partial charge on any atom is 0.261 e. The number of aliphatic hydroxyl groups is 1. The summed E-state index contributed by atoms with van der Waals surface area (Å²) in [5, 5.41) is 14.0. The molecule has 1 atom stereocenters. The lowest BCUT2D eigenvalue weighted by atomic mass is 9.78. The van der Waals surface area contributed by atoms with Crippen LogP contribution in [0, 0.1) is 12.8 Å². The van der Waals surface area contributed by atoms with Gasteiger partial charge in [-0.05, 0) is 41.3 Å². The van der Waals surface area contributed by atoms with Gasteiger partial charge in [-0.25, -0.2) is 0 Å². The fraction of sp³-hybridized carbons (Fsp3) is 0.562. The van der Waals surface area contributed by atoms with E-state index in [0.29, 0.717) is 0 Å². The maximum atomic E-state index is 12.4. The number of nitrogens with one attached hydrogen (secondary N) is 1. The Kier molecular flexibility index (Phi) is 3.63. The lowest BCUT2D eigenvalue weighted by Crippen LogP contribution is -2.41. The zero-order valence-electron chi connectivity index (χ0n) is 11.7. The highest BCUT2D eigenvalue weighted by atomic mass is 79.9. The van der Waals surface area contributed by atoms with Crippen LogP contribution in [-0.4, -0.2) is 11.0 Å². The van der Waals surface area contributed by atoms with Gasteiger partial charge in [-0.15, -0.1) is 0 Å². The van der Waals surface area contributed by atoms with Crippen molar-refractivity contribution >= 4 is 27.5 Å². The molecule has 0 bridgehead atoms. The van der Waals surface area contributed by atoms with Gasteiger partial charge in [0.1, 0.15) is 0 Å². The van der Waals surface area contributed by atoms with Crippen LogP contribution in [0.15, 0.2) is 16.6 Å². The number of benzene rings is 1. The second kappa shape index (κ2) is 5.15. The third-order valence-electron chi connectivity index (χ3n) is 4.78. The molecular weight excluding hydrogens is 318 g/mol. The lowest BCUT2D eigenvalue weighted by Gasteiger charge is -2.30. The number of anilines is 1. The Morgan fingerprint density at radius 3 is 2.55 bits per heavy atom. The molecule has 108 valence electrons. The Morgan fingerprint density at radius 1 is 1.25 bits per heavy atom. The van der Waals surface area contributed by atoms with E-state index >= 15 is 0 Å². The number of hydrogen-bond donors (Lipinski definition) is 2. The summed E-state index contributed by atoms with van der Waals surface area (Å²) in [6, 6.07) is 3.86. The predicted molar refractivity (Wildman–Crippen MR) is 82.6 cm³/mol. The summed E-state index contributed by atoms with van der Waals surface area (Å²) in [6.45, 7) is 1.99. The van der Waals surface area contributed by atoms with Crippen molar-refractivity contribution in [3.8, 4) is 0 Å². The van der Waals surface area contributed by atoms with Crippen LogP contribution in [0.1, 0.15) is 49.7 Å². The topological polar surface area (TPSA) is 49.3 Å². The highest BCUT2D eigenvalue weighted by molar-refractivity contribution is 9.10. The van der Waals surface area contributed by atoms with E-state index in [1.54, 1.807) is 0 Å². The van der Waals surface area contributed by atoms with E-state index in [2.05, 4.69) is 21.2 Å². The van der Waals surface area contributed by atoms with Crippen molar-refractivity contribution < 1.29 is 9.90 Å². The van der Waals surface area contributed by atoms with Gasteiger partial charge in [0.25, 0.3) is 5.91 Å². The molecule has 1 aliphatic carbocycles. The Morgan fingerprint density at radius 2 is 1.90 bits per heavy atom. The molecular formula is C16H20BrNO2. The molecule has 1 fully saturated rings. The third kappa shape index (κ3) is 2.01. The van der Waals surface area contributed by atoms with Crippen molar-refractivity contribution in [2.24, 2.45) is 5.92 Å². The average Bonchev–Trinajstić information content (AvgIpc) is 2.65. The minimum Gasteiger partial charge on any atom is -0.375 e. The van der Waals surface area contributed by atoms with Crippen LogP contribution in [0.25, 0.3) is 0 Å². The maximum absolute atomic E-state index is 12.4. The van der Waals surface area contributed by atoms with Crippen LogP contribution in [0.4, 0.5) is 5.69 Å². The molecule has 2 N–H and O–H groups in total.